The molecule has 273 valence electrons. The number of rotatable bonds is 14. The summed E-state index contributed by atoms with van der Waals surface area (Å²) in [6.45, 7) is 11.9. The average Bonchev–Trinajstić information content (AvgIpc) is 3.60. The summed E-state index contributed by atoms with van der Waals surface area (Å²) in [6, 6.07) is -3.66. The fourth-order valence-corrected chi connectivity index (χ4v) is 8.69. The third kappa shape index (κ3) is 9.08. The van der Waals surface area contributed by atoms with E-state index >= 15 is 0 Å². The third-order valence-electron chi connectivity index (χ3n) is 10.2. The average molecular weight is 697 g/mol. The normalized spacial score (nSPS) is 23.8. The fourth-order valence-electron chi connectivity index (χ4n) is 7.30. The second kappa shape index (κ2) is 15.9. The molecule has 3 fully saturated rings. The molecule has 1 saturated heterocycles. The molecule has 0 bridgehead atoms. The highest BCUT2D eigenvalue weighted by atomic mass is 32.2. The van der Waals surface area contributed by atoms with E-state index in [1.165, 1.54) is 24.5 Å². The Morgan fingerprint density at radius 2 is 1.60 bits per heavy atom. The Bertz CT molecular complexity index is 1300. The van der Waals surface area contributed by atoms with Gasteiger partial charge in [-0.15, -0.1) is 0 Å². The van der Waals surface area contributed by atoms with Gasteiger partial charge in [0.15, 0.2) is 9.84 Å². The number of hydrogen-bond donors (Lipinski definition) is 5. The van der Waals surface area contributed by atoms with Gasteiger partial charge in [0.05, 0.1) is 22.9 Å². The molecule has 13 nitrogen and oxygen atoms in total. The minimum atomic E-state index is -3.94. The van der Waals surface area contributed by atoms with Crippen LogP contribution in [0.3, 0.4) is 0 Å². The molecule has 1 radical (unpaired) electrons. The number of nitrogens with zero attached hydrogens (tertiary/aromatic N) is 1. The van der Waals surface area contributed by atoms with E-state index < -0.39 is 79.8 Å². The summed E-state index contributed by atoms with van der Waals surface area (Å²) in [5.74, 6) is -1.29. The number of likely N-dealkylation sites (N-methyl/N-ethyl adjacent to an activating group) is 1. The third-order valence-corrected chi connectivity index (χ3v) is 12.7. The van der Waals surface area contributed by atoms with Crippen LogP contribution in [0.25, 0.3) is 0 Å². The van der Waals surface area contributed by atoms with Crippen LogP contribution in [0.5, 0.6) is 0 Å². The molecule has 0 aromatic rings. The largest absolute Gasteiger partial charge is 0.395 e. The number of hydrogen-bond acceptors (Lipinski definition) is 8. The standard InChI is InChI=1S/C34H58N5O8S/c1-8-14-24(26(41)29(43)35-9-2)36-28(42)25-23-16-13-15-22(23)19-39(25)30(44)27(32(3,4)5)37-31(45)38-34(17-11-10-12-18-34)21-48(46,47)33(6,7)20-40/h21-25,27,40H,8-20H2,1-7H3,(H,35,43)(H,36,42)(H2,37,38,45)/t22-,23-,24-,25-,27+/m0/s1. The SMILES string of the molecule is CCC[C@H](NC(=O)[C@@H]1[C@H]2CCC[C@H]2CN1C(=O)[C@@H](NC(=O)NC1([CH]S(=O)(=O)C(C)(C)CO)CCCCC1)C(C)(C)C)C(=O)C(=O)NCC. The van der Waals surface area contributed by atoms with Gasteiger partial charge in [0.25, 0.3) is 5.91 Å². The Balaban J connectivity index is 1.86. The van der Waals surface area contributed by atoms with Gasteiger partial charge in [-0.3, -0.25) is 19.2 Å². The zero-order valence-corrected chi connectivity index (χ0v) is 30.6. The number of urea groups is 1. The Morgan fingerprint density at radius 3 is 2.17 bits per heavy atom. The zero-order chi connectivity index (χ0) is 36.1. The predicted molar refractivity (Wildman–Crippen MR) is 182 cm³/mol. The Kier molecular flexibility index (Phi) is 13.1. The summed E-state index contributed by atoms with van der Waals surface area (Å²) in [7, 11) is -3.94. The van der Waals surface area contributed by atoms with Gasteiger partial charge in [0.2, 0.25) is 17.6 Å². The molecule has 2 aliphatic carbocycles. The lowest BCUT2D eigenvalue weighted by atomic mass is 9.83. The van der Waals surface area contributed by atoms with Gasteiger partial charge in [0.1, 0.15) is 17.8 Å². The number of sulfone groups is 1. The number of fused-ring (bicyclic) bond motifs is 1. The summed E-state index contributed by atoms with van der Waals surface area (Å²) in [5, 5.41) is 20.8. The van der Waals surface area contributed by atoms with Crippen molar-refractivity contribution in [2.24, 2.45) is 17.3 Å². The highest BCUT2D eigenvalue weighted by Crippen LogP contribution is 2.43. The number of carbonyl (C=O) groups excluding carboxylic acids is 5. The monoisotopic (exact) mass is 696 g/mol. The van der Waals surface area contributed by atoms with E-state index in [0.717, 1.165) is 25.7 Å². The van der Waals surface area contributed by atoms with Gasteiger partial charge in [-0.2, -0.15) is 0 Å². The quantitative estimate of drug-likeness (QED) is 0.171. The van der Waals surface area contributed by atoms with Gasteiger partial charge in [-0.25, -0.2) is 13.2 Å². The van der Waals surface area contributed by atoms with Gasteiger partial charge in [-0.05, 0) is 70.1 Å². The molecule has 2 saturated carbocycles. The van der Waals surface area contributed by atoms with E-state index in [1.54, 1.807) is 27.7 Å². The molecule has 48 heavy (non-hydrogen) atoms. The van der Waals surface area contributed by atoms with Crippen LogP contribution in [0.2, 0.25) is 0 Å². The summed E-state index contributed by atoms with van der Waals surface area (Å²) in [5.41, 5.74) is -1.97. The molecule has 3 aliphatic rings. The molecule has 0 aromatic carbocycles. The first kappa shape index (κ1) is 39.7. The molecular weight excluding hydrogens is 638 g/mol. The number of likely N-dealkylation sites (tertiary alicyclic amines) is 1. The number of aliphatic hydroxyl groups excluding tert-OH is 1. The summed E-state index contributed by atoms with van der Waals surface area (Å²) >= 11 is 0. The molecular formula is C34H58N5O8S. The molecule has 1 aliphatic heterocycles. The summed E-state index contributed by atoms with van der Waals surface area (Å²) in [4.78, 5) is 68.9. The number of amides is 5. The second-order valence-corrected chi connectivity index (χ2v) is 18.0. The van der Waals surface area contributed by atoms with Gasteiger partial charge >= 0.3 is 6.03 Å². The van der Waals surface area contributed by atoms with Crippen LogP contribution in [-0.2, 0) is 29.0 Å². The lowest BCUT2D eigenvalue weighted by Crippen LogP contribution is -2.63. The molecule has 0 spiro atoms. The van der Waals surface area contributed by atoms with Gasteiger partial charge in [0, 0.05) is 13.1 Å². The maximum atomic E-state index is 14.4. The Hall–Kier alpha value is -2.74. The van der Waals surface area contributed by atoms with Crippen molar-refractivity contribution in [3.63, 3.8) is 0 Å². The topological polar surface area (TPSA) is 191 Å². The van der Waals surface area contributed by atoms with E-state index in [4.69, 9.17) is 0 Å². The van der Waals surface area contributed by atoms with Crippen LogP contribution in [-0.4, -0.2) is 96.1 Å². The van der Waals surface area contributed by atoms with E-state index in [2.05, 4.69) is 21.3 Å². The smallest absolute Gasteiger partial charge is 0.315 e. The Morgan fingerprint density at radius 1 is 0.958 bits per heavy atom. The van der Waals surface area contributed by atoms with E-state index in [9.17, 15) is 37.5 Å². The van der Waals surface area contributed by atoms with E-state index in [-0.39, 0.29) is 24.8 Å². The second-order valence-electron chi connectivity index (χ2n) is 15.6. The van der Waals surface area contributed by atoms with Gasteiger partial charge < -0.3 is 31.3 Å². The van der Waals surface area contributed by atoms with E-state index in [0.29, 0.717) is 38.6 Å². The fraction of sp³-hybridized carbons (Fsp3) is 0.824. The maximum Gasteiger partial charge on any atom is 0.315 e. The Labute approximate surface area is 286 Å². The van der Waals surface area contributed by atoms with Crippen molar-refractivity contribution in [2.45, 2.75) is 141 Å². The van der Waals surface area contributed by atoms with Crippen molar-refractivity contribution in [1.82, 2.24) is 26.2 Å². The maximum absolute atomic E-state index is 14.4. The summed E-state index contributed by atoms with van der Waals surface area (Å²) in [6.07, 6.45) is 6.38. The number of Topliss-reactive ketones (excluding diaryl/α,β-unsaturated/α-hetero) is 1. The molecule has 1 heterocycles. The van der Waals surface area contributed by atoms with E-state index in [1.807, 2.05) is 6.92 Å². The minimum absolute atomic E-state index is 0.0862. The zero-order valence-electron chi connectivity index (χ0n) is 29.8. The predicted octanol–water partition coefficient (Wildman–Crippen LogP) is 2.37. The van der Waals surface area contributed by atoms with Crippen LogP contribution >= 0.6 is 0 Å². The molecule has 5 amide bonds. The number of carbonyl (C=O) groups is 5. The first-order valence-corrected chi connectivity index (χ1v) is 19.1. The lowest BCUT2D eigenvalue weighted by molar-refractivity contribution is -0.144. The van der Waals surface area contributed by atoms with Gasteiger partial charge in [-0.1, -0.05) is 59.8 Å². The van der Waals surface area contributed by atoms with Crippen LogP contribution in [0.1, 0.15) is 113 Å². The highest BCUT2D eigenvalue weighted by Gasteiger charge is 2.52. The van der Waals surface area contributed by atoms with Crippen molar-refractivity contribution >= 4 is 39.4 Å². The van der Waals surface area contributed by atoms with Crippen molar-refractivity contribution in [3.05, 3.63) is 5.75 Å². The molecule has 5 N–H and O–H groups in total. The lowest BCUT2D eigenvalue weighted by Gasteiger charge is -2.41. The molecule has 0 unspecified atom stereocenters. The molecule has 5 atom stereocenters. The van der Waals surface area contributed by atoms with Crippen molar-refractivity contribution < 1.29 is 37.5 Å². The number of nitrogens with one attached hydrogen (secondary N) is 4. The van der Waals surface area contributed by atoms with Crippen molar-refractivity contribution in [1.29, 1.82) is 0 Å². The molecule has 0 aromatic heterocycles. The van der Waals surface area contributed by atoms with Crippen LogP contribution < -0.4 is 21.3 Å². The summed E-state index contributed by atoms with van der Waals surface area (Å²) < 4.78 is 25.2. The highest BCUT2D eigenvalue weighted by molar-refractivity contribution is 7.94. The number of aliphatic hydroxyl groups is 1. The van der Waals surface area contributed by atoms with Crippen LogP contribution in [0.4, 0.5) is 4.79 Å². The first-order chi connectivity index (χ1) is 22.3. The van der Waals surface area contributed by atoms with Crippen LogP contribution in [0, 0.1) is 23.0 Å². The van der Waals surface area contributed by atoms with Crippen molar-refractivity contribution in [2.75, 3.05) is 19.7 Å². The molecule has 3 rings (SSSR count). The van der Waals surface area contributed by atoms with Crippen LogP contribution in [0.15, 0.2) is 0 Å². The first-order valence-electron chi connectivity index (χ1n) is 17.6. The number of ketones is 1. The van der Waals surface area contributed by atoms with Crippen molar-refractivity contribution in [3.8, 4) is 0 Å². The minimum Gasteiger partial charge on any atom is -0.395 e. The molecule has 14 heteroatoms.